The Labute approximate surface area is 108 Å². The van der Waals surface area contributed by atoms with Gasteiger partial charge in [-0.15, -0.1) is 0 Å². The number of carbonyl (C=O) groups excluding carboxylic acids is 1. The second-order valence-electron chi connectivity index (χ2n) is 4.25. The van der Waals surface area contributed by atoms with Gasteiger partial charge in [-0.3, -0.25) is 4.79 Å². The van der Waals surface area contributed by atoms with Crippen LogP contribution in [0.1, 0.15) is 26.2 Å². The van der Waals surface area contributed by atoms with Crippen LogP contribution in [-0.4, -0.2) is 57.4 Å². The first-order valence-electron chi connectivity index (χ1n) is 6.16. The zero-order chi connectivity index (χ0) is 13.6. The number of carbonyl (C=O) groups is 1. The molecule has 0 aromatic heterocycles. The second kappa shape index (κ2) is 7.06. The summed E-state index contributed by atoms with van der Waals surface area (Å²) in [5, 5.41) is 0. The Morgan fingerprint density at radius 3 is 2.83 bits per heavy atom. The smallest absolute Gasteiger partial charge is 0.305 e. The van der Waals surface area contributed by atoms with Crippen molar-refractivity contribution >= 4 is 16.0 Å². The van der Waals surface area contributed by atoms with Crippen molar-refractivity contribution in [1.29, 1.82) is 0 Å². The van der Waals surface area contributed by atoms with E-state index in [4.69, 9.17) is 4.74 Å². The Balaban J connectivity index is 2.45. The zero-order valence-corrected chi connectivity index (χ0v) is 11.7. The fourth-order valence-corrected chi connectivity index (χ4v) is 3.34. The topological polar surface area (TPSA) is 72.9 Å². The third kappa shape index (κ3) is 4.55. The number of hydrogen-bond acceptors (Lipinski definition) is 5. The molecule has 1 fully saturated rings. The van der Waals surface area contributed by atoms with Crippen LogP contribution in [0.2, 0.25) is 0 Å². The Kier molecular flexibility index (Phi) is 6.04. The van der Waals surface area contributed by atoms with Crippen LogP contribution in [0.25, 0.3) is 0 Å². The Morgan fingerprint density at radius 2 is 2.22 bits per heavy atom. The van der Waals surface area contributed by atoms with E-state index in [0.717, 1.165) is 6.42 Å². The summed E-state index contributed by atoms with van der Waals surface area (Å²) >= 11 is 0. The first-order valence-corrected chi connectivity index (χ1v) is 7.76. The monoisotopic (exact) mass is 279 g/mol. The molecule has 1 rings (SSSR count). The van der Waals surface area contributed by atoms with Crippen LogP contribution in [-0.2, 0) is 24.3 Å². The lowest BCUT2D eigenvalue weighted by atomic mass is 10.2. The normalized spacial score (nSPS) is 21.8. The number of ether oxygens (including phenoxy) is 2. The molecule has 0 saturated carbocycles. The molecule has 1 saturated heterocycles. The summed E-state index contributed by atoms with van der Waals surface area (Å²) in [5.74, 6) is -0.392. The van der Waals surface area contributed by atoms with Gasteiger partial charge in [0.2, 0.25) is 10.0 Å². The van der Waals surface area contributed by atoms with Gasteiger partial charge in [-0.25, -0.2) is 8.42 Å². The summed E-state index contributed by atoms with van der Waals surface area (Å²) in [6, 6.07) is 0. The predicted octanol–water partition coefficient (Wildman–Crippen LogP) is 0.380. The van der Waals surface area contributed by atoms with Gasteiger partial charge in [0.05, 0.1) is 25.6 Å². The molecule has 0 aromatic carbocycles. The molecular weight excluding hydrogens is 258 g/mol. The van der Waals surface area contributed by atoms with Crippen molar-refractivity contribution in [1.82, 2.24) is 4.31 Å². The van der Waals surface area contributed by atoms with Gasteiger partial charge in [0.25, 0.3) is 0 Å². The third-order valence-corrected chi connectivity index (χ3v) is 4.88. The number of esters is 1. The van der Waals surface area contributed by atoms with Gasteiger partial charge in [0, 0.05) is 19.5 Å². The molecule has 0 aromatic rings. The average molecular weight is 279 g/mol. The maximum absolute atomic E-state index is 12.0. The molecule has 0 spiro atoms. The molecular formula is C11H21NO5S. The van der Waals surface area contributed by atoms with Crippen molar-refractivity contribution in [3.8, 4) is 0 Å². The molecule has 1 unspecified atom stereocenters. The van der Waals surface area contributed by atoms with E-state index in [9.17, 15) is 13.2 Å². The van der Waals surface area contributed by atoms with Crippen LogP contribution in [0.4, 0.5) is 0 Å². The second-order valence-corrected chi connectivity index (χ2v) is 6.34. The predicted molar refractivity (Wildman–Crippen MR) is 66.6 cm³/mol. The number of sulfonamides is 1. The highest BCUT2D eigenvalue weighted by Crippen LogP contribution is 2.13. The Morgan fingerprint density at radius 1 is 1.50 bits per heavy atom. The van der Waals surface area contributed by atoms with Crippen molar-refractivity contribution in [2.45, 2.75) is 32.3 Å². The van der Waals surface area contributed by atoms with Gasteiger partial charge >= 0.3 is 5.97 Å². The highest BCUT2D eigenvalue weighted by atomic mass is 32.2. The summed E-state index contributed by atoms with van der Waals surface area (Å²) in [5.41, 5.74) is 0. The number of morpholine rings is 1. The quantitative estimate of drug-likeness (QED) is 0.657. The molecule has 0 aliphatic carbocycles. The van der Waals surface area contributed by atoms with Gasteiger partial charge in [-0.1, -0.05) is 6.92 Å². The molecule has 1 heterocycles. The molecule has 1 aliphatic rings. The number of hydrogen-bond donors (Lipinski definition) is 0. The van der Waals surface area contributed by atoms with E-state index >= 15 is 0 Å². The molecule has 0 bridgehead atoms. The van der Waals surface area contributed by atoms with Gasteiger partial charge in [-0.2, -0.15) is 4.31 Å². The van der Waals surface area contributed by atoms with E-state index in [2.05, 4.69) is 4.74 Å². The Bertz CT molecular complexity index is 368. The number of nitrogens with zero attached hydrogens (tertiary/aromatic N) is 1. The molecule has 0 radical (unpaired) electrons. The summed E-state index contributed by atoms with van der Waals surface area (Å²) in [7, 11) is -1.99. The van der Waals surface area contributed by atoms with Gasteiger partial charge in [0.15, 0.2) is 0 Å². The SMILES string of the molecule is CCC1CN(S(=O)(=O)CCCC(=O)OC)CCO1. The van der Waals surface area contributed by atoms with Crippen molar-refractivity contribution in [2.24, 2.45) is 0 Å². The fourth-order valence-electron chi connectivity index (χ4n) is 1.82. The van der Waals surface area contributed by atoms with Crippen LogP contribution in [0.15, 0.2) is 0 Å². The van der Waals surface area contributed by atoms with E-state index in [0.29, 0.717) is 26.1 Å². The molecule has 18 heavy (non-hydrogen) atoms. The molecule has 1 aliphatic heterocycles. The minimum Gasteiger partial charge on any atom is -0.469 e. The summed E-state index contributed by atoms with van der Waals surface area (Å²) in [4.78, 5) is 10.9. The maximum atomic E-state index is 12.0. The maximum Gasteiger partial charge on any atom is 0.305 e. The van der Waals surface area contributed by atoms with Crippen LogP contribution < -0.4 is 0 Å². The minimum absolute atomic E-state index is 0.0153. The highest BCUT2D eigenvalue weighted by molar-refractivity contribution is 7.89. The van der Waals surface area contributed by atoms with Gasteiger partial charge in [0.1, 0.15) is 0 Å². The number of rotatable bonds is 6. The molecule has 0 N–H and O–H groups in total. The van der Waals surface area contributed by atoms with Crippen LogP contribution >= 0.6 is 0 Å². The van der Waals surface area contributed by atoms with E-state index in [-0.39, 0.29) is 24.2 Å². The summed E-state index contributed by atoms with van der Waals surface area (Å²) in [6.45, 7) is 3.22. The third-order valence-electron chi connectivity index (χ3n) is 2.96. The lowest BCUT2D eigenvalue weighted by Crippen LogP contribution is -2.46. The van der Waals surface area contributed by atoms with Gasteiger partial charge in [-0.05, 0) is 12.8 Å². The largest absolute Gasteiger partial charge is 0.469 e. The molecule has 7 heteroatoms. The molecule has 0 amide bonds. The number of methoxy groups -OCH3 is 1. The first-order chi connectivity index (χ1) is 8.49. The van der Waals surface area contributed by atoms with Crippen molar-refractivity contribution in [2.75, 3.05) is 32.6 Å². The standard InChI is InChI=1S/C11H21NO5S/c1-3-10-9-12(6-7-17-10)18(14,15)8-4-5-11(13)16-2/h10H,3-9H2,1-2H3. The van der Waals surface area contributed by atoms with Crippen molar-refractivity contribution < 1.29 is 22.7 Å². The van der Waals surface area contributed by atoms with Crippen LogP contribution in [0.3, 0.4) is 0 Å². The van der Waals surface area contributed by atoms with Crippen LogP contribution in [0.5, 0.6) is 0 Å². The van der Waals surface area contributed by atoms with Crippen LogP contribution in [0, 0.1) is 0 Å². The van der Waals surface area contributed by atoms with Crippen molar-refractivity contribution in [3.63, 3.8) is 0 Å². The molecule has 6 nitrogen and oxygen atoms in total. The van der Waals surface area contributed by atoms with E-state index in [1.807, 2.05) is 6.92 Å². The first kappa shape index (κ1) is 15.4. The van der Waals surface area contributed by atoms with E-state index in [1.165, 1.54) is 11.4 Å². The summed E-state index contributed by atoms with van der Waals surface area (Å²) in [6.07, 6.45) is 1.21. The van der Waals surface area contributed by atoms with Gasteiger partial charge < -0.3 is 9.47 Å². The summed E-state index contributed by atoms with van der Waals surface area (Å²) < 4.78 is 35.4. The fraction of sp³-hybridized carbons (Fsp3) is 0.909. The Hall–Kier alpha value is -0.660. The van der Waals surface area contributed by atoms with E-state index in [1.54, 1.807) is 0 Å². The molecule has 1 atom stereocenters. The lowest BCUT2D eigenvalue weighted by Gasteiger charge is -2.31. The molecule has 106 valence electrons. The highest BCUT2D eigenvalue weighted by Gasteiger charge is 2.28. The lowest BCUT2D eigenvalue weighted by molar-refractivity contribution is -0.140. The zero-order valence-electron chi connectivity index (χ0n) is 10.9. The van der Waals surface area contributed by atoms with Crippen molar-refractivity contribution in [3.05, 3.63) is 0 Å². The average Bonchev–Trinajstić information content (AvgIpc) is 2.38. The van der Waals surface area contributed by atoms with E-state index < -0.39 is 10.0 Å². The minimum atomic E-state index is -3.28.